The Labute approximate surface area is 100.0 Å². The van der Waals surface area contributed by atoms with Crippen LogP contribution in [-0.2, 0) is 14.4 Å². The number of carboxylic acid groups (broad SMARTS) is 1. The van der Waals surface area contributed by atoms with Crippen LogP contribution in [0.1, 0.15) is 26.2 Å². The minimum absolute atomic E-state index is 0.0296. The van der Waals surface area contributed by atoms with Gasteiger partial charge in [0.05, 0.1) is 13.0 Å². The summed E-state index contributed by atoms with van der Waals surface area (Å²) >= 11 is 0. The molecule has 2 N–H and O–H groups in total. The van der Waals surface area contributed by atoms with Gasteiger partial charge in [-0.05, 0) is 18.8 Å². The largest absolute Gasteiger partial charge is 0.481 e. The highest BCUT2D eigenvalue weighted by atomic mass is 16.4. The Morgan fingerprint density at radius 3 is 2.41 bits per heavy atom. The van der Waals surface area contributed by atoms with Crippen LogP contribution in [0.4, 0.5) is 0 Å². The molecule has 1 saturated carbocycles. The normalized spacial score (nSPS) is 16.1. The lowest BCUT2D eigenvalue weighted by atomic mass is 10.1. The van der Waals surface area contributed by atoms with Gasteiger partial charge < -0.3 is 15.3 Å². The van der Waals surface area contributed by atoms with Gasteiger partial charge in [-0.25, -0.2) is 0 Å². The van der Waals surface area contributed by atoms with Gasteiger partial charge in [-0.2, -0.15) is 0 Å². The highest BCUT2D eigenvalue weighted by molar-refractivity contribution is 5.84. The summed E-state index contributed by atoms with van der Waals surface area (Å²) < 4.78 is 0. The van der Waals surface area contributed by atoms with Crippen molar-refractivity contribution in [1.82, 2.24) is 10.2 Å². The van der Waals surface area contributed by atoms with Crippen molar-refractivity contribution in [3.8, 4) is 0 Å². The molecule has 0 bridgehead atoms. The lowest BCUT2D eigenvalue weighted by molar-refractivity contribution is -0.138. The van der Waals surface area contributed by atoms with E-state index in [2.05, 4.69) is 5.32 Å². The zero-order valence-corrected chi connectivity index (χ0v) is 10.1. The smallest absolute Gasteiger partial charge is 0.305 e. The van der Waals surface area contributed by atoms with Gasteiger partial charge in [0, 0.05) is 20.0 Å². The molecule has 6 heteroatoms. The number of likely N-dealkylation sites (N-methyl/N-ethyl adjacent to an activating group) is 1. The Kier molecular flexibility index (Phi) is 4.48. The zero-order valence-electron chi connectivity index (χ0n) is 10.1. The maximum absolute atomic E-state index is 11.6. The number of rotatable bonds is 6. The van der Waals surface area contributed by atoms with Crippen molar-refractivity contribution in [2.45, 2.75) is 32.2 Å². The number of carbonyl (C=O) groups excluding carboxylic acids is 2. The lowest BCUT2D eigenvalue weighted by Crippen LogP contribution is -2.44. The van der Waals surface area contributed by atoms with Crippen LogP contribution in [0.15, 0.2) is 0 Å². The van der Waals surface area contributed by atoms with Crippen LogP contribution < -0.4 is 5.32 Å². The molecule has 1 atom stereocenters. The third kappa shape index (κ3) is 4.84. The lowest BCUT2D eigenvalue weighted by Gasteiger charge is -2.19. The second kappa shape index (κ2) is 5.65. The molecule has 0 heterocycles. The third-order valence-corrected chi connectivity index (χ3v) is 2.85. The van der Waals surface area contributed by atoms with Crippen LogP contribution in [-0.4, -0.2) is 47.4 Å². The summed E-state index contributed by atoms with van der Waals surface area (Å²) in [5.41, 5.74) is 0. The predicted octanol–water partition coefficient (Wildman–Crippen LogP) is -0.166. The van der Waals surface area contributed by atoms with Crippen LogP contribution in [0.25, 0.3) is 0 Å². The average Bonchev–Trinajstić information content (AvgIpc) is 2.98. The number of aliphatic carboxylic acids is 1. The molecule has 1 aliphatic rings. The Balaban J connectivity index is 2.41. The second-order valence-electron chi connectivity index (χ2n) is 4.48. The van der Waals surface area contributed by atoms with E-state index in [1.165, 1.54) is 18.9 Å². The van der Waals surface area contributed by atoms with Gasteiger partial charge >= 0.3 is 5.97 Å². The molecule has 0 spiro atoms. The second-order valence-corrected chi connectivity index (χ2v) is 4.48. The van der Waals surface area contributed by atoms with Gasteiger partial charge in [0.2, 0.25) is 11.8 Å². The molecule has 6 nitrogen and oxygen atoms in total. The molecule has 2 amide bonds. The van der Waals surface area contributed by atoms with Gasteiger partial charge in [-0.15, -0.1) is 0 Å². The van der Waals surface area contributed by atoms with Crippen molar-refractivity contribution in [1.29, 1.82) is 0 Å². The first-order valence-corrected chi connectivity index (χ1v) is 5.63. The van der Waals surface area contributed by atoms with Crippen molar-refractivity contribution in [3.63, 3.8) is 0 Å². The molecule has 1 unspecified atom stereocenters. The topological polar surface area (TPSA) is 86.7 Å². The first-order valence-electron chi connectivity index (χ1n) is 5.63. The molecule has 0 aromatic carbocycles. The SMILES string of the molecule is CC(=O)N(C)CC(=O)NC(CC(=O)O)C1CC1. The van der Waals surface area contributed by atoms with E-state index >= 15 is 0 Å². The number of nitrogens with zero attached hydrogens (tertiary/aromatic N) is 1. The van der Waals surface area contributed by atoms with Crippen LogP contribution in [0.5, 0.6) is 0 Å². The fourth-order valence-corrected chi connectivity index (χ4v) is 1.60. The maximum Gasteiger partial charge on any atom is 0.305 e. The molecular weight excluding hydrogens is 224 g/mol. The quantitative estimate of drug-likeness (QED) is 0.677. The van der Waals surface area contributed by atoms with Crippen molar-refractivity contribution >= 4 is 17.8 Å². The highest BCUT2D eigenvalue weighted by Gasteiger charge is 2.33. The number of amides is 2. The van der Waals surface area contributed by atoms with E-state index in [4.69, 9.17) is 5.11 Å². The Bertz CT molecular complexity index is 325. The molecule has 0 aliphatic heterocycles. The average molecular weight is 242 g/mol. The fourth-order valence-electron chi connectivity index (χ4n) is 1.60. The first-order chi connectivity index (χ1) is 7.90. The number of hydrogen-bond donors (Lipinski definition) is 2. The van der Waals surface area contributed by atoms with Crippen LogP contribution >= 0.6 is 0 Å². The van der Waals surface area contributed by atoms with E-state index < -0.39 is 5.97 Å². The molecule has 96 valence electrons. The summed E-state index contributed by atoms with van der Waals surface area (Å²) in [6.07, 6.45) is 1.86. The highest BCUT2D eigenvalue weighted by Crippen LogP contribution is 2.33. The first kappa shape index (κ1) is 13.5. The number of carbonyl (C=O) groups is 3. The molecule has 1 rings (SSSR count). The van der Waals surface area contributed by atoms with Crippen LogP contribution in [0, 0.1) is 5.92 Å². The number of hydrogen-bond acceptors (Lipinski definition) is 3. The number of nitrogens with one attached hydrogen (secondary N) is 1. The van der Waals surface area contributed by atoms with Gasteiger partial charge in [-0.3, -0.25) is 14.4 Å². The van der Waals surface area contributed by atoms with Crippen LogP contribution in [0.2, 0.25) is 0 Å². The predicted molar refractivity (Wildman–Crippen MR) is 60.2 cm³/mol. The number of carboxylic acids is 1. The minimum Gasteiger partial charge on any atom is -0.481 e. The van der Waals surface area contributed by atoms with E-state index in [9.17, 15) is 14.4 Å². The van der Waals surface area contributed by atoms with Crippen molar-refractivity contribution < 1.29 is 19.5 Å². The molecule has 0 aromatic rings. The van der Waals surface area contributed by atoms with Gasteiger partial charge in [0.15, 0.2) is 0 Å². The summed E-state index contributed by atoms with van der Waals surface area (Å²) in [5.74, 6) is -1.14. The summed E-state index contributed by atoms with van der Waals surface area (Å²) in [5, 5.41) is 11.4. The summed E-state index contributed by atoms with van der Waals surface area (Å²) in [6, 6.07) is -0.305. The summed E-state index contributed by atoms with van der Waals surface area (Å²) in [6.45, 7) is 1.35. The molecule has 0 aromatic heterocycles. The Hall–Kier alpha value is -1.59. The Morgan fingerprint density at radius 2 is 2.00 bits per heavy atom. The molecule has 1 fully saturated rings. The minimum atomic E-state index is -0.915. The van der Waals surface area contributed by atoms with Gasteiger partial charge in [0.1, 0.15) is 0 Å². The van der Waals surface area contributed by atoms with Crippen molar-refractivity contribution in [2.75, 3.05) is 13.6 Å². The van der Waals surface area contributed by atoms with E-state index in [0.29, 0.717) is 0 Å². The molecule has 17 heavy (non-hydrogen) atoms. The molecule has 1 aliphatic carbocycles. The Morgan fingerprint density at radius 1 is 1.41 bits per heavy atom. The van der Waals surface area contributed by atoms with E-state index in [1.54, 1.807) is 0 Å². The van der Waals surface area contributed by atoms with Crippen molar-refractivity contribution in [2.24, 2.45) is 5.92 Å². The van der Waals surface area contributed by atoms with Crippen molar-refractivity contribution in [3.05, 3.63) is 0 Å². The van der Waals surface area contributed by atoms with E-state index in [0.717, 1.165) is 12.8 Å². The van der Waals surface area contributed by atoms with Crippen LogP contribution in [0.3, 0.4) is 0 Å². The fraction of sp³-hybridized carbons (Fsp3) is 0.727. The monoisotopic (exact) mass is 242 g/mol. The zero-order chi connectivity index (χ0) is 13.0. The molecule has 0 radical (unpaired) electrons. The standard InChI is InChI=1S/C11H18N2O4/c1-7(14)13(2)6-10(15)12-9(5-11(16)17)8-3-4-8/h8-9H,3-6H2,1-2H3,(H,12,15)(H,16,17). The summed E-state index contributed by atoms with van der Waals surface area (Å²) in [4.78, 5) is 34.5. The van der Waals surface area contributed by atoms with Gasteiger partial charge in [-0.1, -0.05) is 0 Å². The summed E-state index contributed by atoms with van der Waals surface area (Å²) in [7, 11) is 1.53. The molecule has 0 saturated heterocycles. The van der Waals surface area contributed by atoms with E-state index in [-0.39, 0.29) is 36.7 Å². The maximum atomic E-state index is 11.6. The van der Waals surface area contributed by atoms with E-state index in [1.807, 2.05) is 0 Å². The third-order valence-electron chi connectivity index (χ3n) is 2.85. The molecular formula is C11H18N2O4. The van der Waals surface area contributed by atoms with Gasteiger partial charge in [0.25, 0.3) is 0 Å².